The maximum atomic E-state index is 9.72. The van der Waals surface area contributed by atoms with Crippen molar-refractivity contribution < 1.29 is 9.63 Å². The van der Waals surface area contributed by atoms with E-state index < -0.39 is 0 Å². The minimum atomic E-state index is -0.231. The fourth-order valence-corrected chi connectivity index (χ4v) is 1.76. The number of hydrogen-bond donors (Lipinski definition) is 2. The first kappa shape index (κ1) is 12.6. The van der Waals surface area contributed by atoms with E-state index in [4.69, 9.17) is 10.3 Å². The van der Waals surface area contributed by atoms with Gasteiger partial charge in [0, 0.05) is 5.56 Å². The zero-order valence-electron chi connectivity index (χ0n) is 10.8. The van der Waals surface area contributed by atoms with Gasteiger partial charge in [-0.05, 0) is 43.5 Å². The molecule has 1 atom stereocenters. The normalized spacial score (nSPS) is 12.7. The van der Waals surface area contributed by atoms with Crippen LogP contribution in [0.4, 0.5) is 0 Å². The summed E-state index contributed by atoms with van der Waals surface area (Å²) in [7, 11) is 0. The number of benzene rings is 1. The molecule has 18 heavy (non-hydrogen) atoms. The summed E-state index contributed by atoms with van der Waals surface area (Å²) in [6, 6.07) is 3.42. The van der Waals surface area contributed by atoms with Gasteiger partial charge in [-0.2, -0.15) is 4.98 Å². The molecule has 0 fully saturated rings. The number of aromatic nitrogens is 2. The number of nitrogens with two attached hydrogens (primary N) is 1. The van der Waals surface area contributed by atoms with Gasteiger partial charge in [-0.1, -0.05) is 12.1 Å². The third-order valence-corrected chi connectivity index (χ3v) is 2.95. The van der Waals surface area contributed by atoms with Crippen LogP contribution in [0.15, 0.2) is 16.7 Å². The molecule has 0 unspecified atom stereocenters. The SMILES string of the molecule is CC[C@@H](N)c1nc(-c2cc(C)c(O)c(C)c2)no1. The van der Waals surface area contributed by atoms with E-state index in [1.807, 2.05) is 32.9 Å². The minimum Gasteiger partial charge on any atom is -0.507 e. The van der Waals surface area contributed by atoms with E-state index in [1.165, 1.54) is 0 Å². The smallest absolute Gasteiger partial charge is 0.243 e. The van der Waals surface area contributed by atoms with Crippen LogP contribution in [0.25, 0.3) is 11.4 Å². The van der Waals surface area contributed by atoms with Gasteiger partial charge in [0.05, 0.1) is 6.04 Å². The van der Waals surface area contributed by atoms with Crippen molar-refractivity contribution >= 4 is 0 Å². The van der Waals surface area contributed by atoms with Gasteiger partial charge in [0.25, 0.3) is 0 Å². The summed E-state index contributed by atoms with van der Waals surface area (Å²) >= 11 is 0. The van der Waals surface area contributed by atoms with Crippen LogP contribution >= 0.6 is 0 Å². The van der Waals surface area contributed by atoms with Gasteiger partial charge in [-0.25, -0.2) is 0 Å². The zero-order chi connectivity index (χ0) is 13.3. The van der Waals surface area contributed by atoms with Crippen LogP contribution in [0.5, 0.6) is 5.75 Å². The van der Waals surface area contributed by atoms with Crippen LogP contribution in [0.3, 0.4) is 0 Å². The van der Waals surface area contributed by atoms with E-state index in [1.54, 1.807) is 0 Å². The quantitative estimate of drug-likeness (QED) is 0.870. The third-order valence-electron chi connectivity index (χ3n) is 2.95. The van der Waals surface area contributed by atoms with Crippen molar-refractivity contribution in [2.24, 2.45) is 5.73 Å². The molecule has 0 bridgehead atoms. The lowest BCUT2D eigenvalue weighted by Crippen LogP contribution is -2.08. The van der Waals surface area contributed by atoms with Gasteiger partial charge >= 0.3 is 0 Å². The number of hydrogen-bond acceptors (Lipinski definition) is 5. The van der Waals surface area contributed by atoms with E-state index in [2.05, 4.69) is 10.1 Å². The molecule has 1 heterocycles. The Hall–Kier alpha value is -1.88. The van der Waals surface area contributed by atoms with Crippen molar-refractivity contribution in [1.29, 1.82) is 0 Å². The predicted molar refractivity (Wildman–Crippen MR) is 68.1 cm³/mol. The highest BCUT2D eigenvalue weighted by Gasteiger charge is 2.15. The Bertz CT molecular complexity index is 540. The summed E-state index contributed by atoms with van der Waals surface area (Å²) in [5, 5.41) is 13.6. The first-order valence-electron chi connectivity index (χ1n) is 5.92. The number of phenols is 1. The molecule has 0 radical (unpaired) electrons. The van der Waals surface area contributed by atoms with Crippen molar-refractivity contribution in [2.75, 3.05) is 0 Å². The lowest BCUT2D eigenvalue weighted by Gasteiger charge is -2.04. The largest absolute Gasteiger partial charge is 0.507 e. The van der Waals surface area contributed by atoms with E-state index in [0.717, 1.165) is 23.1 Å². The van der Waals surface area contributed by atoms with Crippen molar-refractivity contribution in [3.05, 3.63) is 29.2 Å². The summed E-state index contributed by atoms with van der Waals surface area (Å²) < 4.78 is 5.13. The fourth-order valence-electron chi connectivity index (χ4n) is 1.76. The Morgan fingerprint density at radius 2 is 1.94 bits per heavy atom. The highest BCUT2D eigenvalue weighted by atomic mass is 16.5. The van der Waals surface area contributed by atoms with Gasteiger partial charge in [0.1, 0.15) is 5.75 Å². The maximum absolute atomic E-state index is 9.72. The molecule has 0 aliphatic heterocycles. The van der Waals surface area contributed by atoms with E-state index in [9.17, 15) is 5.11 Å². The van der Waals surface area contributed by atoms with Gasteiger partial charge in [-0.3, -0.25) is 0 Å². The Kier molecular flexibility index (Phi) is 3.34. The van der Waals surface area contributed by atoms with Crippen molar-refractivity contribution in [1.82, 2.24) is 10.1 Å². The van der Waals surface area contributed by atoms with Gasteiger partial charge < -0.3 is 15.4 Å². The highest BCUT2D eigenvalue weighted by Crippen LogP contribution is 2.28. The molecule has 1 aromatic heterocycles. The third kappa shape index (κ3) is 2.22. The number of rotatable bonds is 3. The second kappa shape index (κ2) is 4.78. The van der Waals surface area contributed by atoms with Crippen LogP contribution in [0, 0.1) is 13.8 Å². The number of aryl methyl sites for hydroxylation is 2. The monoisotopic (exact) mass is 247 g/mol. The van der Waals surface area contributed by atoms with Gasteiger partial charge in [0.2, 0.25) is 11.7 Å². The summed E-state index contributed by atoms with van der Waals surface area (Å²) in [5.74, 6) is 1.24. The van der Waals surface area contributed by atoms with Crippen molar-refractivity contribution in [2.45, 2.75) is 33.2 Å². The highest BCUT2D eigenvalue weighted by molar-refractivity contribution is 5.60. The molecule has 96 valence electrons. The Balaban J connectivity index is 2.40. The molecule has 2 aromatic rings. The molecule has 0 spiro atoms. The lowest BCUT2D eigenvalue weighted by atomic mass is 10.1. The predicted octanol–water partition coefficient (Wildman–Crippen LogP) is 2.47. The van der Waals surface area contributed by atoms with E-state index in [0.29, 0.717) is 17.5 Å². The first-order chi connectivity index (χ1) is 8.52. The van der Waals surface area contributed by atoms with Crippen LogP contribution in [-0.2, 0) is 0 Å². The molecular weight excluding hydrogens is 230 g/mol. The number of phenolic OH excluding ortho intramolecular Hbond substituents is 1. The van der Waals surface area contributed by atoms with Gasteiger partial charge in [-0.15, -0.1) is 0 Å². The van der Waals surface area contributed by atoms with E-state index in [-0.39, 0.29) is 6.04 Å². The second-order valence-electron chi connectivity index (χ2n) is 4.43. The van der Waals surface area contributed by atoms with Crippen LogP contribution in [-0.4, -0.2) is 15.2 Å². The summed E-state index contributed by atoms with van der Waals surface area (Å²) in [6.07, 6.45) is 0.745. The molecule has 1 aromatic carbocycles. The molecule has 5 nitrogen and oxygen atoms in total. The maximum Gasteiger partial charge on any atom is 0.243 e. The minimum absolute atomic E-state index is 0.231. The standard InChI is InChI=1S/C13H17N3O2/c1-4-10(14)13-15-12(16-18-13)9-5-7(2)11(17)8(3)6-9/h5-6,10,17H,4,14H2,1-3H3/t10-/m1/s1. The second-order valence-corrected chi connectivity index (χ2v) is 4.43. The molecule has 3 N–H and O–H groups in total. The van der Waals surface area contributed by atoms with E-state index >= 15 is 0 Å². The van der Waals surface area contributed by atoms with Crippen LogP contribution in [0.2, 0.25) is 0 Å². The molecule has 2 rings (SSSR count). The van der Waals surface area contributed by atoms with Crippen molar-refractivity contribution in [3.8, 4) is 17.1 Å². The van der Waals surface area contributed by atoms with Crippen LogP contribution < -0.4 is 5.73 Å². The average molecular weight is 247 g/mol. The molecule has 0 aliphatic carbocycles. The Labute approximate surface area is 106 Å². The molecule has 0 saturated carbocycles. The zero-order valence-corrected chi connectivity index (χ0v) is 10.8. The molecule has 0 aliphatic rings. The fraction of sp³-hybridized carbons (Fsp3) is 0.385. The molecule has 0 saturated heterocycles. The summed E-state index contributed by atoms with van der Waals surface area (Å²) in [4.78, 5) is 4.28. The molecule has 0 amide bonds. The molecular formula is C13H17N3O2. The number of aromatic hydroxyl groups is 1. The number of nitrogens with zero attached hydrogens (tertiary/aromatic N) is 2. The molecule has 5 heteroatoms. The lowest BCUT2D eigenvalue weighted by molar-refractivity contribution is 0.352. The Morgan fingerprint density at radius 3 is 2.50 bits per heavy atom. The van der Waals surface area contributed by atoms with Crippen molar-refractivity contribution in [3.63, 3.8) is 0 Å². The van der Waals surface area contributed by atoms with Gasteiger partial charge in [0.15, 0.2) is 0 Å². The van der Waals surface area contributed by atoms with Crippen LogP contribution in [0.1, 0.15) is 36.4 Å². The summed E-state index contributed by atoms with van der Waals surface area (Å²) in [5.41, 5.74) is 8.23. The summed E-state index contributed by atoms with van der Waals surface area (Å²) in [6.45, 7) is 5.64. The Morgan fingerprint density at radius 1 is 1.33 bits per heavy atom. The topological polar surface area (TPSA) is 85.2 Å². The first-order valence-corrected chi connectivity index (χ1v) is 5.92. The average Bonchev–Trinajstić information content (AvgIpc) is 2.84.